The largest absolute Gasteiger partial charge is 0.487 e. The summed E-state index contributed by atoms with van der Waals surface area (Å²) in [5, 5.41) is 11.1. The molecule has 0 aliphatic carbocycles. The molecule has 5 heterocycles. The molecule has 3 aromatic carbocycles. The van der Waals surface area contributed by atoms with Gasteiger partial charge in [0.25, 0.3) is 17.4 Å². The zero-order valence-corrected chi connectivity index (χ0v) is 34.2. The van der Waals surface area contributed by atoms with Crippen LogP contribution in [0.5, 0.6) is 17.2 Å². The van der Waals surface area contributed by atoms with Crippen LogP contribution in [-0.4, -0.2) is 86.5 Å². The highest BCUT2D eigenvalue weighted by atomic mass is 32.2. The number of carbonyl (C=O) groups excluding carboxylic acids is 4. The second-order valence-electron chi connectivity index (χ2n) is 14.3. The molecule has 316 valence electrons. The first kappa shape index (κ1) is 41.2. The van der Waals surface area contributed by atoms with Gasteiger partial charge in [-0.05, 0) is 61.9 Å². The molecule has 1 saturated heterocycles. The minimum Gasteiger partial charge on any atom is -0.487 e. The summed E-state index contributed by atoms with van der Waals surface area (Å²) < 4.78 is 48.5. The Labute approximate surface area is 353 Å². The van der Waals surface area contributed by atoms with E-state index in [1.807, 2.05) is 0 Å². The van der Waals surface area contributed by atoms with E-state index >= 15 is 0 Å². The normalized spacial score (nSPS) is 15.0. The predicted octanol–water partition coefficient (Wildman–Crippen LogP) is 3.73. The summed E-state index contributed by atoms with van der Waals surface area (Å²) in [6.45, 7) is 2.27. The first-order valence-corrected chi connectivity index (χ1v) is 21.1. The molecule has 4 amide bonds. The number of sulfonamides is 1. The number of amides is 4. The number of hydrogen-bond acceptors (Lipinski definition) is 12. The Balaban J connectivity index is 0.870. The van der Waals surface area contributed by atoms with Gasteiger partial charge in [-0.25, -0.2) is 13.1 Å². The predicted molar refractivity (Wildman–Crippen MR) is 224 cm³/mol. The summed E-state index contributed by atoms with van der Waals surface area (Å²) in [5.74, 6) is 4.63. The lowest BCUT2D eigenvalue weighted by atomic mass is 10.0. The highest BCUT2D eigenvalue weighted by Crippen LogP contribution is 2.39. The standard InChI is InChI=1S/C43H38N8O10S/c1-3-62(57,58)47-27-12-14-36(33(21-27)34-24-49(2)43(56)39-31(34)16-17-44-39)61-30-10-5-9-29(22-30)60-25-28-23-50(48-46-28)18-20-59-19-6-8-26-7-4-11-32-38(26)42(55)51(41(32)54)35-13-15-37(52)45-40(35)53/h4-5,7,9-12,14,16-17,21-24,35,44,47H,3,13,15,18-20,25H2,1-2H3,(H,45,52,53). The number of nitrogens with one attached hydrogen (secondary N) is 3. The van der Waals surface area contributed by atoms with Gasteiger partial charge >= 0.3 is 0 Å². The molecule has 62 heavy (non-hydrogen) atoms. The topological polar surface area (TPSA) is 226 Å². The molecule has 6 aromatic rings. The van der Waals surface area contributed by atoms with E-state index < -0.39 is 39.7 Å². The van der Waals surface area contributed by atoms with Gasteiger partial charge in [0.05, 0.1) is 36.2 Å². The molecule has 18 nitrogen and oxygen atoms in total. The van der Waals surface area contributed by atoms with Crippen molar-refractivity contribution in [2.75, 3.05) is 23.7 Å². The fourth-order valence-electron chi connectivity index (χ4n) is 7.09. The third kappa shape index (κ3) is 8.54. The fraction of sp³-hybridized carbons (Fsp3) is 0.233. The summed E-state index contributed by atoms with van der Waals surface area (Å²) >= 11 is 0. The van der Waals surface area contributed by atoms with E-state index in [1.54, 1.807) is 97.9 Å². The lowest BCUT2D eigenvalue weighted by Gasteiger charge is -2.27. The van der Waals surface area contributed by atoms with Gasteiger partial charge in [0.2, 0.25) is 21.8 Å². The quantitative estimate of drug-likeness (QED) is 0.0810. The van der Waals surface area contributed by atoms with Crippen LogP contribution in [-0.2, 0) is 44.5 Å². The zero-order chi connectivity index (χ0) is 43.5. The Morgan fingerprint density at radius 3 is 2.58 bits per heavy atom. The first-order valence-electron chi connectivity index (χ1n) is 19.4. The van der Waals surface area contributed by atoms with Gasteiger partial charge in [-0.2, -0.15) is 0 Å². The van der Waals surface area contributed by atoms with Crippen LogP contribution in [0.25, 0.3) is 22.0 Å². The van der Waals surface area contributed by atoms with E-state index in [4.69, 9.17) is 14.2 Å². The van der Waals surface area contributed by atoms with Crippen LogP contribution < -0.4 is 25.1 Å². The average molecular weight is 859 g/mol. The fourth-order valence-corrected chi connectivity index (χ4v) is 7.72. The molecule has 0 saturated carbocycles. The van der Waals surface area contributed by atoms with Gasteiger partial charge in [0.1, 0.15) is 47.7 Å². The number of imide groups is 2. The molecule has 3 aromatic heterocycles. The summed E-state index contributed by atoms with van der Waals surface area (Å²) in [6, 6.07) is 17.4. The van der Waals surface area contributed by atoms with Gasteiger partial charge in [0, 0.05) is 59.7 Å². The molecule has 2 aliphatic rings. The molecular weight excluding hydrogens is 821 g/mol. The number of ether oxygens (including phenoxy) is 3. The number of carbonyl (C=O) groups is 4. The molecule has 1 unspecified atom stereocenters. The number of H-pyrrole nitrogens is 1. The summed E-state index contributed by atoms with van der Waals surface area (Å²) in [7, 11) is -1.94. The van der Waals surface area contributed by atoms with Crippen LogP contribution in [0.15, 0.2) is 90.1 Å². The molecule has 0 bridgehead atoms. The molecule has 1 fully saturated rings. The minimum absolute atomic E-state index is 0.0243. The van der Waals surface area contributed by atoms with Gasteiger partial charge in [-0.1, -0.05) is 29.2 Å². The van der Waals surface area contributed by atoms with E-state index in [0.29, 0.717) is 62.8 Å². The summed E-state index contributed by atoms with van der Waals surface area (Å²) in [4.78, 5) is 67.1. The molecule has 0 spiro atoms. The highest BCUT2D eigenvalue weighted by molar-refractivity contribution is 7.92. The van der Waals surface area contributed by atoms with E-state index in [9.17, 15) is 32.4 Å². The van der Waals surface area contributed by atoms with Crippen molar-refractivity contribution in [1.29, 1.82) is 0 Å². The maximum Gasteiger partial charge on any atom is 0.274 e. The first-order chi connectivity index (χ1) is 29.9. The Bertz CT molecular complexity index is 3020. The van der Waals surface area contributed by atoms with Crippen molar-refractivity contribution in [2.45, 2.75) is 39.0 Å². The van der Waals surface area contributed by atoms with Crippen LogP contribution in [0.2, 0.25) is 0 Å². The van der Waals surface area contributed by atoms with Gasteiger partial charge in [0.15, 0.2) is 0 Å². The number of hydrogen-bond donors (Lipinski definition) is 3. The lowest BCUT2D eigenvalue weighted by Crippen LogP contribution is -2.54. The van der Waals surface area contributed by atoms with Crippen LogP contribution in [0.1, 0.15) is 51.7 Å². The van der Waals surface area contributed by atoms with Crippen molar-refractivity contribution in [3.63, 3.8) is 0 Å². The Kier molecular flexibility index (Phi) is 11.4. The Morgan fingerprint density at radius 2 is 1.76 bits per heavy atom. The number of anilines is 1. The third-order valence-corrected chi connectivity index (χ3v) is 11.5. The highest BCUT2D eigenvalue weighted by Gasteiger charge is 2.45. The van der Waals surface area contributed by atoms with Crippen LogP contribution in [0.4, 0.5) is 5.69 Å². The SMILES string of the molecule is CCS(=O)(=O)Nc1ccc(Oc2cccc(OCc3cn(CCOCC#Cc4cccc5c4C(=O)N(C4CCC(=O)NC4=O)C5=O)nn3)c2)c(-c2cn(C)c(=O)c3[nH]ccc23)c1. The average Bonchev–Trinajstić information content (AvgIpc) is 4.00. The molecular formula is C43H38N8O10S. The monoisotopic (exact) mass is 858 g/mol. The van der Waals surface area contributed by atoms with E-state index in [0.717, 1.165) is 4.90 Å². The minimum atomic E-state index is -3.57. The van der Waals surface area contributed by atoms with Crippen molar-refractivity contribution in [1.82, 2.24) is 34.8 Å². The number of aryl methyl sites for hydroxylation is 1. The molecule has 19 heteroatoms. The van der Waals surface area contributed by atoms with E-state index in [-0.39, 0.29) is 55.1 Å². The maximum absolute atomic E-state index is 13.3. The number of aromatic amines is 1. The van der Waals surface area contributed by atoms with Crippen molar-refractivity contribution < 1.29 is 41.8 Å². The number of aromatic nitrogens is 5. The molecule has 2 aliphatic heterocycles. The molecule has 1 atom stereocenters. The van der Waals surface area contributed by atoms with Crippen LogP contribution >= 0.6 is 0 Å². The van der Waals surface area contributed by atoms with Crippen molar-refractivity contribution in [3.05, 3.63) is 118 Å². The molecule has 0 radical (unpaired) electrons. The van der Waals surface area contributed by atoms with Crippen molar-refractivity contribution in [3.8, 4) is 40.2 Å². The number of nitrogens with zero attached hydrogens (tertiary/aromatic N) is 5. The van der Waals surface area contributed by atoms with Crippen LogP contribution in [0, 0.1) is 11.8 Å². The van der Waals surface area contributed by atoms with E-state index in [1.165, 1.54) is 10.6 Å². The number of pyridine rings is 1. The maximum atomic E-state index is 13.3. The van der Waals surface area contributed by atoms with Gasteiger partial charge < -0.3 is 23.8 Å². The Hall–Kier alpha value is -7.56. The zero-order valence-electron chi connectivity index (χ0n) is 33.3. The number of fused-ring (bicyclic) bond motifs is 2. The van der Waals surface area contributed by atoms with Gasteiger partial charge in [-0.15, -0.1) is 5.10 Å². The number of rotatable bonds is 14. The molecule has 3 N–H and O–H groups in total. The van der Waals surface area contributed by atoms with Crippen molar-refractivity contribution in [2.24, 2.45) is 7.05 Å². The summed E-state index contributed by atoms with van der Waals surface area (Å²) in [5.41, 5.74) is 2.87. The molecule has 8 rings (SSSR count). The van der Waals surface area contributed by atoms with Crippen LogP contribution in [0.3, 0.4) is 0 Å². The summed E-state index contributed by atoms with van der Waals surface area (Å²) in [6.07, 6.45) is 5.15. The lowest BCUT2D eigenvalue weighted by molar-refractivity contribution is -0.136. The second-order valence-corrected chi connectivity index (χ2v) is 16.3. The smallest absolute Gasteiger partial charge is 0.274 e. The second kappa shape index (κ2) is 17.2. The van der Waals surface area contributed by atoms with Gasteiger partial charge in [-0.3, -0.25) is 38.9 Å². The Morgan fingerprint density at radius 1 is 0.935 bits per heavy atom. The number of benzene rings is 3. The number of piperidine rings is 1. The third-order valence-electron chi connectivity index (χ3n) is 10.2. The van der Waals surface area contributed by atoms with Crippen molar-refractivity contribution >= 4 is 50.2 Å². The van der Waals surface area contributed by atoms with E-state index in [2.05, 4.69) is 37.2 Å².